The van der Waals surface area contributed by atoms with Gasteiger partial charge in [-0.25, -0.2) is 0 Å². The predicted octanol–water partition coefficient (Wildman–Crippen LogP) is 2.40. The molecule has 1 atom stereocenters. The first-order valence-corrected chi connectivity index (χ1v) is 6.50. The fourth-order valence-corrected chi connectivity index (χ4v) is 1.98. The first-order chi connectivity index (χ1) is 7.71. The maximum atomic E-state index is 4.57. The summed E-state index contributed by atoms with van der Waals surface area (Å²) in [5.74, 6) is 0. The topological polar surface area (TPSA) is 29.9 Å². The Hall–Kier alpha value is -0.830. The molecule has 0 radical (unpaired) electrons. The van der Waals surface area contributed by atoms with E-state index >= 15 is 0 Å². The van der Waals surface area contributed by atoms with E-state index in [-0.39, 0.29) is 0 Å². The van der Waals surface area contributed by atoms with Crippen molar-refractivity contribution in [3.8, 4) is 0 Å². The summed E-state index contributed by atoms with van der Waals surface area (Å²) in [4.78, 5) is 0. The van der Waals surface area contributed by atoms with Crippen molar-refractivity contribution in [3.63, 3.8) is 0 Å². The van der Waals surface area contributed by atoms with Crippen LogP contribution in [-0.4, -0.2) is 22.4 Å². The molecule has 0 aromatic carbocycles. The van der Waals surface area contributed by atoms with Crippen LogP contribution in [0.4, 0.5) is 0 Å². The smallest absolute Gasteiger partial charge is 0.0624 e. The number of nitrogens with one attached hydrogen (secondary N) is 1. The lowest BCUT2D eigenvalue weighted by Gasteiger charge is -2.12. The molecule has 1 heterocycles. The van der Waals surface area contributed by atoms with Gasteiger partial charge in [-0.3, -0.25) is 4.68 Å². The highest BCUT2D eigenvalue weighted by Crippen LogP contribution is 2.09. The zero-order valence-electron chi connectivity index (χ0n) is 11.1. The van der Waals surface area contributed by atoms with Crippen molar-refractivity contribution in [3.05, 3.63) is 17.5 Å². The van der Waals surface area contributed by atoms with Gasteiger partial charge in [-0.05, 0) is 45.7 Å². The summed E-state index contributed by atoms with van der Waals surface area (Å²) in [7, 11) is 0. The minimum absolute atomic E-state index is 0.593. The van der Waals surface area contributed by atoms with Gasteiger partial charge in [-0.1, -0.05) is 13.8 Å². The Morgan fingerprint density at radius 1 is 1.38 bits per heavy atom. The maximum absolute atomic E-state index is 4.57. The molecule has 0 aliphatic carbocycles. The van der Waals surface area contributed by atoms with Crippen molar-refractivity contribution < 1.29 is 0 Å². The molecule has 0 bridgehead atoms. The summed E-state index contributed by atoms with van der Waals surface area (Å²) >= 11 is 0. The van der Waals surface area contributed by atoms with Gasteiger partial charge in [0.15, 0.2) is 0 Å². The third kappa shape index (κ3) is 3.63. The van der Waals surface area contributed by atoms with Crippen molar-refractivity contribution in [2.45, 2.75) is 59.5 Å². The second kappa shape index (κ2) is 6.69. The van der Waals surface area contributed by atoms with Gasteiger partial charge in [0.1, 0.15) is 0 Å². The number of nitrogens with zero attached hydrogens (tertiary/aromatic N) is 2. The third-order valence-corrected chi connectivity index (χ3v) is 2.96. The molecule has 0 saturated heterocycles. The molecule has 0 saturated carbocycles. The average Bonchev–Trinajstić information content (AvgIpc) is 2.69. The van der Waals surface area contributed by atoms with Crippen molar-refractivity contribution in [1.82, 2.24) is 15.1 Å². The van der Waals surface area contributed by atoms with E-state index in [4.69, 9.17) is 0 Å². The molecule has 16 heavy (non-hydrogen) atoms. The summed E-state index contributed by atoms with van der Waals surface area (Å²) < 4.78 is 2.14. The van der Waals surface area contributed by atoms with Gasteiger partial charge >= 0.3 is 0 Å². The third-order valence-electron chi connectivity index (χ3n) is 2.96. The molecule has 0 aliphatic heterocycles. The predicted molar refractivity (Wildman–Crippen MR) is 68.7 cm³/mol. The summed E-state index contributed by atoms with van der Waals surface area (Å²) in [6.07, 6.45) is 3.33. The first kappa shape index (κ1) is 13.2. The van der Waals surface area contributed by atoms with Crippen molar-refractivity contribution >= 4 is 0 Å². The maximum Gasteiger partial charge on any atom is 0.0624 e. The monoisotopic (exact) mass is 223 g/mol. The SMILES string of the molecule is CCNC(C)CCc1cc(CC)nn1CC. The van der Waals surface area contributed by atoms with Crippen LogP contribution in [0.2, 0.25) is 0 Å². The van der Waals surface area contributed by atoms with Crippen LogP contribution in [0, 0.1) is 0 Å². The zero-order valence-corrected chi connectivity index (χ0v) is 11.1. The van der Waals surface area contributed by atoms with Gasteiger partial charge in [0.2, 0.25) is 0 Å². The van der Waals surface area contributed by atoms with Gasteiger partial charge < -0.3 is 5.32 Å². The fraction of sp³-hybridized carbons (Fsp3) is 0.769. The summed E-state index contributed by atoms with van der Waals surface area (Å²) in [5.41, 5.74) is 2.59. The van der Waals surface area contributed by atoms with Gasteiger partial charge in [-0.15, -0.1) is 0 Å². The standard InChI is InChI=1S/C13H25N3/c1-5-12-10-13(16(7-3)15-12)9-8-11(4)14-6-2/h10-11,14H,5-9H2,1-4H3. The lowest BCUT2D eigenvalue weighted by Crippen LogP contribution is -2.26. The number of aromatic nitrogens is 2. The highest BCUT2D eigenvalue weighted by Gasteiger charge is 2.07. The largest absolute Gasteiger partial charge is 0.315 e. The van der Waals surface area contributed by atoms with Crippen LogP contribution < -0.4 is 5.32 Å². The van der Waals surface area contributed by atoms with Crippen LogP contribution in [0.3, 0.4) is 0 Å². The Bertz CT molecular complexity index is 304. The quantitative estimate of drug-likeness (QED) is 0.769. The minimum Gasteiger partial charge on any atom is -0.315 e. The second-order valence-corrected chi connectivity index (χ2v) is 4.29. The number of hydrogen-bond acceptors (Lipinski definition) is 2. The van der Waals surface area contributed by atoms with Gasteiger partial charge in [0, 0.05) is 18.3 Å². The van der Waals surface area contributed by atoms with Crippen LogP contribution in [-0.2, 0) is 19.4 Å². The molecule has 1 aromatic heterocycles. The average molecular weight is 223 g/mol. The van der Waals surface area contributed by atoms with Crippen LogP contribution in [0.1, 0.15) is 45.5 Å². The van der Waals surface area contributed by atoms with E-state index in [1.807, 2.05) is 0 Å². The van der Waals surface area contributed by atoms with E-state index in [0.29, 0.717) is 6.04 Å². The highest BCUT2D eigenvalue weighted by atomic mass is 15.3. The van der Waals surface area contributed by atoms with Crippen LogP contribution in [0.5, 0.6) is 0 Å². The number of rotatable bonds is 7. The second-order valence-electron chi connectivity index (χ2n) is 4.29. The summed E-state index contributed by atoms with van der Waals surface area (Å²) in [5, 5.41) is 8.01. The summed E-state index contributed by atoms with van der Waals surface area (Å²) in [6.45, 7) is 10.7. The first-order valence-electron chi connectivity index (χ1n) is 6.50. The molecule has 3 nitrogen and oxygen atoms in total. The summed E-state index contributed by atoms with van der Waals surface area (Å²) in [6, 6.07) is 2.85. The van der Waals surface area contributed by atoms with Crippen molar-refractivity contribution in [1.29, 1.82) is 0 Å². The minimum atomic E-state index is 0.593. The van der Waals surface area contributed by atoms with E-state index in [1.165, 1.54) is 17.8 Å². The lowest BCUT2D eigenvalue weighted by atomic mass is 10.1. The lowest BCUT2D eigenvalue weighted by molar-refractivity contribution is 0.513. The van der Waals surface area contributed by atoms with Crippen molar-refractivity contribution in [2.24, 2.45) is 0 Å². The van der Waals surface area contributed by atoms with Gasteiger partial charge in [-0.2, -0.15) is 5.10 Å². The molecule has 0 spiro atoms. The van der Waals surface area contributed by atoms with E-state index in [1.54, 1.807) is 0 Å². The Balaban J connectivity index is 2.54. The molecule has 1 N–H and O–H groups in total. The highest BCUT2D eigenvalue weighted by molar-refractivity contribution is 5.10. The number of hydrogen-bond donors (Lipinski definition) is 1. The Morgan fingerprint density at radius 3 is 2.69 bits per heavy atom. The van der Waals surface area contributed by atoms with Crippen molar-refractivity contribution in [2.75, 3.05) is 6.54 Å². The fourth-order valence-electron chi connectivity index (χ4n) is 1.98. The normalized spacial score (nSPS) is 13.0. The van der Waals surface area contributed by atoms with E-state index in [2.05, 4.69) is 48.9 Å². The number of aryl methyl sites for hydroxylation is 3. The van der Waals surface area contributed by atoms with E-state index in [0.717, 1.165) is 25.9 Å². The molecule has 1 aromatic rings. The van der Waals surface area contributed by atoms with Crippen LogP contribution in [0.25, 0.3) is 0 Å². The Morgan fingerprint density at radius 2 is 2.12 bits per heavy atom. The molecular weight excluding hydrogens is 198 g/mol. The molecule has 1 unspecified atom stereocenters. The van der Waals surface area contributed by atoms with E-state index in [9.17, 15) is 0 Å². The van der Waals surface area contributed by atoms with Crippen LogP contribution >= 0.6 is 0 Å². The molecule has 92 valence electrons. The Labute approximate surface area is 99.2 Å². The molecule has 1 rings (SSSR count). The Kier molecular flexibility index (Phi) is 5.53. The zero-order chi connectivity index (χ0) is 12.0. The van der Waals surface area contributed by atoms with Gasteiger partial charge in [0.25, 0.3) is 0 Å². The molecule has 0 amide bonds. The van der Waals surface area contributed by atoms with E-state index < -0.39 is 0 Å². The molecule has 3 heteroatoms. The van der Waals surface area contributed by atoms with Crippen LogP contribution in [0.15, 0.2) is 6.07 Å². The van der Waals surface area contributed by atoms with Gasteiger partial charge in [0.05, 0.1) is 5.69 Å². The molecule has 0 aliphatic rings. The molecular formula is C13H25N3. The molecule has 0 fully saturated rings.